The van der Waals surface area contributed by atoms with Gasteiger partial charge in [-0.15, -0.1) is 0 Å². The van der Waals surface area contributed by atoms with Gasteiger partial charge in [-0.25, -0.2) is 0 Å². The molecule has 0 aliphatic rings. The number of hydrogen-bond acceptors (Lipinski definition) is 5. The van der Waals surface area contributed by atoms with Gasteiger partial charge >= 0.3 is 12.6 Å². The van der Waals surface area contributed by atoms with E-state index in [0.717, 1.165) is 0 Å². The molecule has 1 aromatic rings. The summed E-state index contributed by atoms with van der Waals surface area (Å²) in [6.07, 6.45) is 0.0120. The Bertz CT molecular complexity index is 454. The number of ether oxygens (including phenoxy) is 3. The van der Waals surface area contributed by atoms with Crippen LogP contribution in [0.5, 0.6) is 11.5 Å². The fourth-order valence-corrected chi connectivity index (χ4v) is 1.68. The van der Waals surface area contributed by atoms with Gasteiger partial charge in [-0.2, -0.15) is 8.78 Å². The zero-order chi connectivity index (χ0) is 15.1. The fourth-order valence-electron chi connectivity index (χ4n) is 1.68. The quantitative estimate of drug-likeness (QED) is 0.774. The molecule has 0 spiro atoms. The Labute approximate surface area is 115 Å². The molecule has 0 saturated heterocycles. The van der Waals surface area contributed by atoms with Gasteiger partial charge in [0.2, 0.25) is 0 Å². The van der Waals surface area contributed by atoms with Crippen molar-refractivity contribution in [3.63, 3.8) is 0 Å². The number of hydrogen-bond donors (Lipinski definition) is 1. The number of benzene rings is 1. The first kappa shape index (κ1) is 16.2. The lowest BCUT2D eigenvalue weighted by Crippen LogP contribution is -2.34. The summed E-state index contributed by atoms with van der Waals surface area (Å²) in [4.78, 5) is 11.5. The van der Waals surface area contributed by atoms with Crippen LogP contribution in [0.1, 0.15) is 12.5 Å². The molecule has 2 N–H and O–H groups in total. The molecule has 7 heteroatoms. The van der Waals surface area contributed by atoms with Gasteiger partial charge in [0.25, 0.3) is 0 Å². The molecule has 0 bridgehead atoms. The second-order valence-electron chi connectivity index (χ2n) is 3.89. The minimum Gasteiger partial charge on any atom is -0.493 e. The summed E-state index contributed by atoms with van der Waals surface area (Å²) in [6, 6.07) is 3.67. The highest BCUT2D eigenvalue weighted by Gasteiger charge is 2.21. The van der Waals surface area contributed by atoms with Crippen molar-refractivity contribution < 1.29 is 27.8 Å². The van der Waals surface area contributed by atoms with Crippen LogP contribution in [0.15, 0.2) is 18.2 Å². The van der Waals surface area contributed by atoms with Crippen LogP contribution in [0.2, 0.25) is 0 Å². The predicted molar refractivity (Wildman–Crippen MR) is 67.9 cm³/mol. The van der Waals surface area contributed by atoms with Crippen molar-refractivity contribution in [2.75, 3.05) is 13.7 Å². The minimum absolute atomic E-state index is 0.0120. The van der Waals surface area contributed by atoms with Gasteiger partial charge in [0, 0.05) is 12.0 Å². The van der Waals surface area contributed by atoms with E-state index in [0.29, 0.717) is 5.56 Å². The van der Waals surface area contributed by atoms with Crippen LogP contribution >= 0.6 is 0 Å². The standard InChI is InChI=1S/C13H17F2NO4/c1-3-19-12(17)9(16)7-8-5-4-6-10(18-2)11(8)20-13(14)15/h4-6,9,13H,3,7,16H2,1-2H3. The van der Waals surface area contributed by atoms with Crippen molar-refractivity contribution in [3.8, 4) is 11.5 Å². The molecule has 0 radical (unpaired) electrons. The van der Waals surface area contributed by atoms with E-state index in [4.69, 9.17) is 15.2 Å². The molecule has 0 heterocycles. The Balaban J connectivity index is 2.96. The third kappa shape index (κ3) is 4.34. The molecule has 1 atom stereocenters. The maximum absolute atomic E-state index is 12.4. The van der Waals surface area contributed by atoms with Crippen LogP contribution in [0.3, 0.4) is 0 Å². The second-order valence-corrected chi connectivity index (χ2v) is 3.89. The monoisotopic (exact) mass is 289 g/mol. The molecule has 20 heavy (non-hydrogen) atoms. The molecule has 0 aliphatic carbocycles. The normalized spacial score (nSPS) is 12.1. The molecule has 0 fully saturated rings. The lowest BCUT2D eigenvalue weighted by atomic mass is 10.0. The van der Waals surface area contributed by atoms with E-state index < -0.39 is 18.6 Å². The summed E-state index contributed by atoms with van der Waals surface area (Å²) < 4.78 is 39.0. The maximum atomic E-state index is 12.4. The summed E-state index contributed by atoms with van der Waals surface area (Å²) in [5.41, 5.74) is 6.02. The summed E-state index contributed by atoms with van der Waals surface area (Å²) in [6.45, 7) is -1.14. The lowest BCUT2D eigenvalue weighted by molar-refractivity contribution is -0.144. The van der Waals surface area contributed by atoms with E-state index >= 15 is 0 Å². The van der Waals surface area contributed by atoms with Gasteiger partial charge < -0.3 is 19.9 Å². The van der Waals surface area contributed by atoms with E-state index in [-0.39, 0.29) is 24.5 Å². The molecular formula is C13H17F2NO4. The number of esters is 1. The highest BCUT2D eigenvalue weighted by Crippen LogP contribution is 2.33. The Hall–Kier alpha value is -1.89. The molecule has 0 aliphatic heterocycles. The van der Waals surface area contributed by atoms with Gasteiger partial charge in [0.05, 0.1) is 13.7 Å². The average molecular weight is 289 g/mol. The minimum atomic E-state index is -3.00. The number of para-hydroxylation sites is 1. The van der Waals surface area contributed by atoms with E-state index in [1.807, 2.05) is 0 Å². The Kier molecular flexibility index (Phi) is 6.17. The molecule has 1 aromatic carbocycles. The van der Waals surface area contributed by atoms with Crippen molar-refractivity contribution >= 4 is 5.97 Å². The SMILES string of the molecule is CCOC(=O)C(N)Cc1cccc(OC)c1OC(F)F. The number of alkyl halides is 2. The average Bonchev–Trinajstić information content (AvgIpc) is 2.40. The molecule has 0 saturated carbocycles. The number of methoxy groups -OCH3 is 1. The first-order valence-electron chi connectivity index (χ1n) is 6.02. The van der Waals surface area contributed by atoms with Crippen LogP contribution in [-0.4, -0.2) is 32.3 Å². The van der Waals surface area contributed by atoms with E-state index in [9.17, 15) is 13.6 Å². The van der Waals surface area contributed by atoms with Crippen LogP contribution < -0.4 is 15.2 Å². The highest BCUT2D eigenvalue weighted by molar-refractivity contribution is 5.76. The molecule has 0 amide bonds. The van der Waals surface area contributed by atoms with Gasteiger partial charge in [-0.1, -0.05) is 12.1 Å². The van der Waals surface area contributed by atoms with Crippen LogP contribution in [0.25, 0.3) is 0 Å². The maximum Gasteiger partial charge on any atom is 0.387 e. The van der Waals surface area contributed by atoms with Crippen molar-refractivity contribution in [3.05, 3.63) is 23.8 Å². The van der Waals surface area contributed by atoms with Crippen molar-refractivity contribution in [1.29, 1.82) is 0 Å². The predicted octanol–water partition coefficient (Wildman–Crippen LogP) is 1.73. The third-order valence-electron chi connectivity index (χ3n) is 2.52. The van der Waals surface area contributed by atoms with Gasteiger partial charge in [0.15, 0.2) is 11.5 Å². The van der Waals surface area contributed by atoms with Gasteiger partial charge in [-0.3, -0.25) is 4.79 Å². The highest BCUT2D eigenvalue weighted by atomic mass is 19.3. The Morgan fingerprint density at radius 1 is 1.40 bits per heavy atom. The van der Waals surface area contributed by atoms with Crippen molar-refractivity contribution in [2.24, 2.45) is 5.73 Å². The largest absolute Gasteiger partial charge is 0.493 e. The first-order valence-corrected chi connectivity index (χ1v) is 6.02. The number of halogens is 2. The van der Waals surface area contributed by atoms with Crippen LogP contribution in [0.4, 0.5) is 8.78 Å². The van der Waals surface area contributed by atoms with Gasteiger partial charge in [-0.05, 0) is 13.0 Å². The van der Waals surface area contributed by atoms with Gasteiger partial charge in [0.1, 0.15) is 6.04 Å². The molecule has 5 nitrogen and oxygen atoms in total. The molecule has 1 rings (SSSR count). The Morgan fingerprint density at radius 3 is 2.65 bits per heavy atom. The van der Waals surface area contributed by atoms with E-state index in [1.54, 1.807) is 19.1 Å². The number of rotatable bonds is 7. The Morgan fingerprint density at radius 2 is 2.10 bits per heavy atom. The summed E-state index contributed by atoms with van der Waals surface area (Å²) in [5.74, 6) is -0.568. The fraction of sp³-hybridized carbons (Fsp3) is 0.462. The van der Waals surface area contributed by atoms with Crippen LogP contribution in [0, 0.1) is 0 Å². The molecular weight excluding hydrogens is 272 g/mol. The smallest absolute Gasteiger partial charge is 0.387 e. The third-order valence-corrected chi connectivity index (χ3v) is 2.52. The van der Waals surface area contributed by atoms with Crippen LogP contribution in [-0.2, 0) is 16.0 Å². The molecule has 1 unspecified atom stereocenters. The summed E-state index contributed by atoms with van der Waals surface area (Å²) >= 11 is 0. The van der Waals surface area contributed by atoms with Crippen molar-refractivity contribution in [1.82, 2.24) is 0 Å². The van der Waals surface area contributed by atoms with Crippen molar-refractivity contribution in [2.45, 2.75) is 26.0 Å². The summed E-state index contributed by atoms with van der Waals surface area (Å²) in [5, 5.41) is 0. The lowest BCUT2D eigenvalue weighted by Gasteiger charge is -2.16. The zero-order valence-corrected chi connectivity index (χ0v) is 11.3. The molecule has 112 valence electrons. The second kappa shape index (κ2) is 7.64. The number of carbonyl (C=O) groups excluding carboxylic acids is 1. The van der Waals surface area contributed by atoms with E-state index in [1.165, 1.54) is 13.2 Å². The zero-order valence-electron chi connectivity index (χ0n) is 11.3. The molecule has 0 aromatic heterocycles. The topological polar surface area (TPSA) is 70.8 Å². The summed E-state index contributed by atoms with van der Waals surface area (Å²) in [7, 11) is 1.34. The number of carbonyl (C=O) groups is 1. The number of nitrogens with two attached hydrogens (primary N) is 1. The first-order chi connectivity index (χ1) is 9.49. The van der Waals surface area contributed by atoms with E-state index in [2.05, 4.69) is 4.74 Å².